The summed E-state index contributed by atoms with van der Waals surface area (Å²) in [7, 11) is 2.77. The van der Waals surface area contributed by atoms with E-state index in [9.17, 15) is 44.4 Å². The lowest BCUT2D eigenvalue weighted by molar-refractivity contribution is -0.210. The van der Waals surface area contributed by atoms with E-state index in [1.165, 1.54) is 44.1 Å². The number of aliphatic hydroxyl groups is 3. The number of Topliss-reactive ketones (excluding diaryl/α,β-unsaturated/α-hetero) is 4. The Balaban J connectivity index is 2.01. The molecule has 11 nitrogen and oxygen atoms in total. The number of phenols is 1. The number of aromatic hydroxyl groups is 1. The maximum absolute atomic E-state index is 13.7. The van der Waals surface area contributed by atoms with Crippen LogP contribution in [0.5, 0.6) is 5.75 Å². The summed E-state index contributed by atoms with van der Waals surface area (Å²) in [5.41, 5.74) is -0.350. The molecule has 0 aromatic heterocycles. The quantitative estimate of drug-likeness (QED) is 0.294. The highest BCUT2D eigenvalue weighted by Gasteiger charge is 2.74. The zero-order chi connectivity index (χ0) is 24.8. The summed E-state index contributed by atoms with van der Waals surface area (Å²) < 4.78 is 0. The monoisotopic (exact) mass is 460 g/mol. The normalized spacial score (nSPS) is 40.3. The number of aliphatic hydroxyl groups excluding tert-OH is 1. The summed E-state index contributed by atoms with van der Waals surface area (Å²) in [6, 6.07) is 2.40. The van der Waals surface area contributed by atoms with Crippen LogP contribution in [0, 0.1) is 23.7 Å². The smallest absolute Gasteiger partial charge is 0.235 e. The minimum atomic E-state index is -3.10. The number of hydrogen-bond acceptors (Lipinski definition) is 10. The van der Waals surface area contributed by atoms with Crippen molar-refractivity contribution >= 4 is 29.0 Å². The molecule has 0 heterocycles. The van der Waals surface area contributed by atoms with Crippen molar-refractivity contribution in [3.05, 3.63) is 29.3 Å². The molecule has 176 valence electrons. The first-order valence-electron chi connectivity index (χ1n) is 10.3. The molecule has 1 amide bonds. The lowest BCUT2D eigenvalue weighted by atomic mass is 9.48. The van der Waals surface area contributed by atoms with E-state index in [-0.39, 0.29) is 11.1 Å². The van der Waals surface area contributed by atoms with Crippen LogP contribution in [0.2, 0.25) is 0 Å². The molecule has 3 unspecified atom stereocenters. The molecule has 3 aliphatic carbocycles. The summed E-state index contributed by atoms with van der Waals surface area (Å²) in [6.45, 7) is 1.24. The first-order chi connectivity index (χ1) is 15.2. The molecule has 33 heavy (non-hydrogen) atoms. The number of benzene rings is 1. The van der Waals surface area contributed by atoms with Gasteiger partial charge in [-0.05, 0) is 32.6 Å². The number of primary amides is 1. The number of nitrogens with two attached hydrogens (primary N) is 1. The largest absolute Gasteiger partial charge is 0.507 e. The van der Waals surface area contributed by atoms with Gasteiger partial charge in [0.1, 0.15) is 5.75 Å². The molecular weight excluding hydrogens is 436 g/mol. The second-order valence-electron chi connectivity index (χ2n) is 9.37. The number of hydrogen-bond donors (Lipinski definition) is 5. The van der Waals surface area contributed by atoms with Crippen LogP contribution in [-0.2, 0) is 24.8 Å². The van der Waals surface area contributed by atoms with Gasteiger partial charge in [0.05, 0.1) is 35.1 Å². The molecule has 0 aliphatic heterocycles. The number of phenolic OH excluding ortho intramolecular Hbond substituents is 1. The van der Waals surface area contributed by atoms with E-state index in [0.29, 0.717) is 0 Å². The van der Waals surface area contributed by atoms with Crippen molar-refractivity contribution in [1.82, 2.24) is 4.90 Å². The molecule has 1 aromatic carbocycles. The van der Waals surface area contributed by atoms with Gasteiger partial charge in [0.15, 0.2) is 34.7 Å². The lowest BCUT2D eigenvalue weighted by Gasteiger charge is -2.57. The number of nitrogens with zero attached hydrogens (tertiary/aromatic N) is 1. The molecule has 6 N–H and O–H groups in total. The van der Waals surface area contributed by atoms with Gasteiger partial charge in [-0.25, -0.2) is 0 Å². The predicted molar refractivity (Wildman–Crippen MR) is 109 cm³/mol. The molecule has 8 atom stereocenters. The van der Waals surface area contributed by atoms with Crippen LogP contribution >= 0.6 is 0 Å². The number of carbonyl (C=O) groups excluding carboxylic acids is 5. The standard InChI is InChI=1S/C22H24N2O9/c1-21(32)7-5-4-6-8(25)9(7)15(26)10-12(21)17(28)13-14(24(2)3)16(27)11(20(23)31)19(30)22(13,33)18(10)29/h4-6,10-14,17,25,28,32-33H,1-3H3,(H2,23,31)/t10?,11?,12-,13-,14+,17+,21-,22?/m1/s1. The number of carbonyl (C=O) groups is 5. The average molecular weight is 460 g/mol. The van der Waals surface area contributed by atoms with Gasteiger partial charge in [0.25, 0.3) is 0 Å². The molecule has 2 fully saturated rings. The Kier molecular flexibility index (Phi) is 4.92. The first-order valence-corrected chi connectivity index (χ1v) is 10.3. The highest BCUT2D eigenvalue weighted by atomic mass is 16.3. The molecule has 1 aromatic rings. The Labute approximate surface area is 187 Å². The molecule has 11 heteroatoms. The van der Waals surface area contributed by atoms with Gasteiger partial charge >= 0.3 is 0 Å². The third kappa shape index (κ3) is 2.67. The summed E-state index contributed by atoms with van der Waals surface area (Å²) >= 11 is 0. The van der Waals surface area contributed by atoms with Crippen molar-refractivity contribution < 1.29 is 44.4 Å². The molecular formula is C22H24N2O9. The summed E-state index contributed by atoms with van der Waals surface area (Å²) in [5.74, 6) is -14.2. The van der Waals surface area contributed by atoms with E-state index in [0.717, 1.165) is 0 Å². The fourth-order valence-corrected chi connectivity index (χ4v) is 5.97. The van der Waals surface area contributed by atoms with E-state index in [2.05, 4.69) is 0 Å². The third-order valence-corrected chi connectivity index (χ3v) is 7.40. The second kappa shape index (κ2) is 7.00. The SMILES string of the molecule is CN(C)[C@@H]1C(=O)C(C(N)=O)C(=O)C2(O)C(=O)C3C(=O)c4c(O)cccc4[C@@](C)(O)[C@H]3[C@H](O)[C@@H]12. The average Bonchev–Trinajstić information content (AvgIpc) is 2.70. The fraction of sp³-hybridized carbons (Fsp3) is 0.500. The van der Waals surface area contributed by atoms with Gasteiger partial charge in [-0.2, -0.15) is 0 Å². The van der Waals surface area contributed by atoms with Gasteiger partial charge in [-0.3, -0.25) is 28.9 Å². The van der Waals surface area contributed by atoms with Gasteiger partial charge in [0.2, 0.25) is 5.91 Å². The van der Waals surface area contributed by atoms with Crippen molar-refractivity contribution in [3.63, 3.8) is 0 Å². The maximum atomic E-state index is 13.7. The van der Waals surface area contributed by atoms with Crippen molar-refractivity contribution in [3.8, 4) is 5.75 Å². The molecule has 0 saturated heterocycles. The molecule has 0 bridgehead atoms. The van der Waals surface area contributed by atoms with Crippen molar-refractivity contribution in [2.45, 2.75) is 30.3 Å². The van der Waals surface area contributed by atoms with Crippen LogP contribution in [-0.4, -0.2) is 86.2 Å². The maximum Gasteiger partial charge on any atom is 0.235 e. The van der Waals surface area contributed by atoms with Crippen molar-refractivity contribution in [2.75, 3.05) is 14.1 Å². The van der Waals surface area contributed by atoms with E-state index >= 15 is 0 Å². The van der Waals surface area contributed by atoms with E-state index in [4.69, 9.17) is 5.73 Å². The Hall–Kier alpha value is -2.99. The van der Waals surface area contributed by atoms with Crippen LogP contribution in [0.1, 0.15) is 22.8 Å². The zero-order valence-electron chi connectivity index (χ0n) is 18.1. The first kappa shape index (κ1) is 23.2. The van der Waals surface area contributed by atoms with Crippen LogP contribution in [0.3, 0.4) is 0 Å². The van der Waals surface area contributed by atoms with E-state index in [1.54, 1.807) is 0 Å². The summed E-state index contributed by atoms with van der Waals surface area (Å²) in [5, 5.41) is 44.5. The minimum absolute atomic E-state index is 0.0454. The van der Waals surface area contributed by atoms with E-state index < -0.39 is 81.8 Å². The lowest BCUT2D eigenvalue weighted by Crippen LogP contribution is -2.78. The van der Waals surface area contributed by atoms with Crippen molar-refractivity contribution in [2.24, 2.45) is 29.4 Å². The highest BCUT2D eigenvalue weighted by molar-refractivity contribution is 6.32. The van der Waals surface area contributed by atoms with Gasteiger partial charge in [-0.1, -0.05) is 12.1 Å². The molecule has 4 rings (SSSR count). The van der Waals surface area contributed by atoms with Crippen LogP contribution in [0.15, 0.2) is 18.2 Å². The number of amides is 1. The molecule has 2 saturated carbocycles. The predicted octanol–water partition coefficient (Wildman–Crippen LogP) is -2.50. The third-order valence-electron chi connectivity index (χ3n) is 7.40. The number of likely N-dealkylation sites (N-methyl/N-ethyl adjacent to an activating group) is 1. The minimum Gasteiger partial charge on any atom is -0.507 e. The Morgan fingerprint density at radius 3 is 2.21 bits per heavy atom. The Bertz CT molecular complexity index is 1130. The number of fused-ring (bicyclic) bond motifs is 3. The van der Waals surface area contributed by atoms with Gasteiger partial charge < -0.3 is 26.2 Å². The Morgan fingerprint density at radius 2 is 1.67 bits per heavy atom. The van der Waals surface area contributed by atoms with Crippen LogP contribution in [0.25, 0.3) is 0 Å². The number of ketones is 4. The van der Waals surface area contributed by atoms with Gasteiger partial charge in [0, 0.05) is 5.92 Å². The topological polar surface area (TPSA) is 196 Å². The van der Waals surface area contributed by atoms with Crippen LogP contribution < -0.4 is 5.73 Å². The van der Waals surface area contributed by atoms with E-state index in [1.807, 2.05) is 0 Å². The van der Waals surface area contributed by atoms with Crippen molar-refractivity contribution in [1.29, 1.82) is 0 Å². The van der Waals surface area contributed by atoms with Gasteiger partial charge in [-0.15, -0.1) is 0 Å². The number of rotatable bonds is 2. The summed E-state index contributed by atoms with van der Waals surface area (Å²) in [6.07, 6.45) is -1.90. The zero-order valence-corrected chi connectivity index (χ0v) is 18.1. The molecule has 3 aliphatic rings. The van der Waals surface area contributed by atoms with Crippen LogP contribution in [0.4, 0.5) is 0 Å². The highest BCUT2D eigenvalue weighted by Crippen LogP contribution is 2.55. The second-order valence-corrected chi connectivity index (χ2v) is 9.37. The fourth-order valence-electron chi connectivity index (χ4n) is 5.97. The summed E-state index contributed by atoms with van der Waals surface area (Å²) in [4.78, 5) is 66.4. The Morgan fingerprint density at radius 1 is 1.06 bits per heavy atom. The molecule has 0 spiro atoms. The molecule has 0 radical (unpaired) electrons.